The Bertz CT molecular complexity index is 329. The molecule has 0 rings (SSSR count). The molecule has 1 amide bonds. The molecule has 0 aromatic heterocycles. The van der Waals surface area contributed by atoms with E-state index >= 15 is 0 Å². The summed E-state index contributed by atoms with van der Waals surface area (Å²) in [5.41, 5.74) is 4.49. The monoisotopic (exact) mass is 275 g/mol. The predicted molar refractivity (Wildman–Crippen MR) is 72.3 cm³/mol. The molecule has 0 saturated heterocycles. The van der Waals surface area contributed by atoms with Crippen molar-refractivity contribution in [3.63, 3.8) is 0 Å². The average Bonchev–Trinajstić information content (AvgIpc) is 2.19. The van der Waals surface area contributed by atoms with Gasteiger partial charge >= 0.3 is 6.09 Å². The number of carbonyl (C=O) groups is 1. The Kier molecular flexibility index (Phi) is 6.08. The zero-order chi connectivity index (χ0) is 15.3. The highest BCUT2D eigenvalue weighted by Crippen LogP contribution is 2.09. The molecule has 19 heavy (non-hydrogen) atoms. The van der Waals surface area contributed by atoms with Crippen LogP contribution in [0.5, 0.6) is 0 Å². The summed E-state index contributed by atoms with van der Waals surface area (Å²) in [6.45, 7) is 10.9. The van der Waals surface area contributed by atoms with Crippen LogP contribution in [0.2, 0.25) is 0 Å². The van der Waals surface area contributed by atoms with Crippen molar-refractivity contribution in [1.82, 2.24) is 5.32 Å². The SMILES string of the molecule is CC(C)(C)OC[C@@H](NC(=O)OC(C)(C)C)/C(N)=N/O. The second-order valence-electron chi connectivity index (χ2n) is 6.15. The summed E-state index contributed by atoms with van der Waals surface area (Å²) >= 11 is 0. The molecule has 0 unspecified atom stereocenters. The summed E-state index contributed by atoms with van der Waals surface area (Å²) in [6, 6.07) is -0.751. The number of hydrogen-bond donors (Lipinski definition) is 3. The largest absolute Gasteiger partial charge is 0.444 e. The van der Waals surface area contributed by atoms with Gasteiger partial charge in [-0.25, -0.2) is 4.79 Å². The van der Waals surface area contributed by atoms with Gasteiger partial charge in [-0.1, -0.05) is 5.16 Å². The van der Waals surface area contributed by atoms with Crippen LogP contribution in [0.1, 0.15) is 41.5 Å². The van der Waals surface area contributed by atoms with E-state index in [-0.39, 0.29) is 12.4 Å². The maximum absolute atomic E-state index is 11.6. The first kappa shape index (κ1) is 17.5. The van der Waals surface area contributed by atoms with E-state index < -0.39 is 23.3 Å². The number of rotatable bonds is 4. The predicted octanol–water partition coefficient (Wildman–Crippen LogP) is 1.44. The van der Waals surface area contributed by atoms with Crippen molar-refractivity contribution in [2.24, 2.45) is 10.9 Å². The van der Waals surface area contributed by atoms with Crippen LogP contribution in [0.25, 0.3) is 0 Å². The van der Waals surface area contributed by atoms with E-state index in [9.17, 15) is 4.79 Å². The minimum Gasteiger partial charge on any atom is -0.444 e. The topological polar surface area (TPSA) is 106 Å². The van der Waals surface area contributed by atoms with Crippen LogP contribution in [-0.2, 0) is 9.47 Å². The Hall–Kier alpha value is -1.50. The molecule has 112 valence electrons. The number of alkyl carbamates (subject to hydrolysis) is 1. The van der Waals surface area contributed by atoms with Crippen molar-refractivity contribution >= 4 is 11.9 Å². The first-order valence-corrected chi connectivity index (χ1v) is 6.05. The summed E-state index contributed by atoms with van der Waals surface area (Å²) < 4.78 is 10.6. The number of amidine groups is 1. The molecule has 0 aromatic carbocycles. The van der Waals surface area contributed by atoms with Crippen molar-refractivity contribution in [2.75, 3.05) is 6.61 Å². The normalized spacial score (nSPS) is 14.9. The number of ether oxygens (including phenoxy) is 2. The third-order valence-corrected chi connectivity index (χ3v) is 1.85. The van der Waals surface area contributed by atoms with Gasteiger partial charge in [0.15, 0.2) is 5.84 Å². The Morgan fingerprint density at radius 3 is 2.16 bits per heavy atom. The number of amides is 1. The van der Waals surface area contributed by atoms with Gasteiger partial charge in [0.1, 0.15) is 11.6 Å². The van der Waals surface area contributed by atoms with Gasteiger partial charge in [-0.05, 0) is 41.5 Å². The highest BCUT2D eigenvalue weighted by molar-refractivity contribution is 5.88. The molecule has 1 atom stereocenters. The molecule has 0 bridgehead atoms. The molecule has 0 aliphatic carbocycles. The minimum atomic E-state index is -0.751. The Labute approximate surface area is 114 Å². The molecule has 7 nitrogen and oxygen atoms in total. The van der Waals surface area contributed by atoms with Crippen LogP contribution in [0.4, 0.5) is 4.79 Å². The standard InChI is InChI=1S/C12H25N3O4/c1-11(2,3)18-7-8(9(13)15-17)14-10(16)19-12(4,5)6/h8,17H,7H2,1-6H3,(H2,13,15)(H,14,16)/t8-/m1/s1. The molecule has 0 fully saturated rings. The fourth-order valence-corrected chi connectivity index (χ4v) is 1.05. The molecule has 0 heterocycles. The summed E-state index contributed by atoms with van der Waals surface area (Å²) in [5.74, 6) is -0.143. The maximum Gasteiger partial charge on any atom is 0.408 e. The molecular weight excluding hydrogens is 250 g/mol. The lowest BCUT2D eigenvalue weighted by atomic mass is 10.2. The lowest BCUT2D eigenvalue weighted by Crippen LogP contribution is -2.50. The second kappa shape index (κ2) is 6.60. The minimum absolute atomic E-state index is 0.0820. The zero-order valence-corrected chi connectivity index (χ0v) is 12.5. The molecule has 7 heteroatoms. The summed E-state index contributed by atoms with van der Waals surface area (Å²) in [5, 5.41) is 14.1. The molecule has 0 spiro atoms. The molecule has 0 radical (unpaired) electrons. The highest BCUT2D eigenvalue weighted by Gasteiger charge is 2.24. The summed E-state index contributed by atoms with van der Waals surface area (Å²) in [6.07, 6.45) is -0.651. The lowest BCUT2D eigenvalue weighted by molar-refractivity contribution is -0.00976. The van der Waals surface area contributed by atoms with E-state index in [1.54, 1.807) is 20.8 Å². The average molecular weight is 275 g/mol. The van der Waals surface area contributed by atoms with E-state index in [1.807, 2.05) is 20.8 Å². The lowest BCUT2D eigenvalue weighted by Gasteiger charge is -2.26. The van der Waals surface area contributed by atoms with Crippen molar-refractivity contribution in [3.05, 3.63) is 0 Å². The van der Waals surface area contributed by atoms with Gasteiger partial charge in [0.25, 0.3) is 0 Å². The smallest absolute Gasteiger partial charge is 0.408 e. The number of nitrogens with zero attached hydrogens (tertiary/aromatic N) is 1. The molecule has 0 aromatic rings. The zero-order valence-electron chi connectivity index (χ0n) is 12.5. The number of nitrogens with two attached hydrogens (primary N) is 1. The van der Waals surface area contributed by atoms with Crippen LogP contribution < -0.4 is 11.1 Å². The van der Waals surface area contributed by atoms with Gasteiger partial charge in [-0.2, -0.15) is 0 Å². The first-order chi connectivity index (χ1) is 8.44. The van der Waals surface area contributed by atoms with E-state index in [0.717, 1.165) is 0 Å². The van der Waals surface area contributed by atoms with E-state index in [2.05, 4.69) is 10.5 Å². The van der Waals surface area contributed by atoms with Gasteiger partial charge in [0.05, 0.1) is 12.2 Å². The van der Waals surface area contributed by atoms with Crippen molar-refractivity contribution in [2.45, 2.75) is 58.8 Å². The van der Waals surface area contributed by atoms with Gasteiger partial charge < -0.3 is 25.7 Å². The van der Waals surface area contributed by atoms with Crippen LogP contribution in [0.15, 0.2) is 5.16 Å². The van der Waals surface area contributed by atoms with Crippen molar-refractivity contribution in [1.29, 1.82) is 0 Å². The molecule has 0 saturated carbocycles. The first-order valence-electron chi connectivity index (χ1n) is 6.05. The fourth-order valence-electron chi connectivity index (χ4n) is 1.05. The van der Waals surface area contributed by atoms with E-state index in [1.165, 1.54) is 0 Å². The van der Waals surface area contributed by atoms with E-state index in [4.69, 9.17) is 20.4 Å². The van der Waals surface area contributed by atoms with Gasteiger partial charge in [-0.15, -0.1) is 0 Å². The van der Waals surface area contributed by atoms with Crippen LogP contribution in [0, 0.1) is 0 Å². The molecule has 0 aliphatic rings. The number of carbonyl (C=O) groups excluding carboxylic acids is 1. The summed E-state index contributed by atoms with van der Waals surface area (Å²) in [4.78, 5) is 11.6. The van der Waals surface area contributed by atoms with Crippen LogP contribution in [-0.4, -0.2) is 41.0 Å². The number of hydrogen-bond acceptors (Lipinski definition) is 5. The van der Waals surface area contributed by atoms with Gasteiger partial charge in [0.2, 0.25) is 0 Å². The van der Waals surface area contributed by atoms with Crippen molar-refractivity contribution < 1.29 is 19.5 Å². The third-order valence-electron chi connectivity index (χ3n) is 1.85. The van der Waals surface area contributed by atoms with Crippen LogP contribution in [0.3, 0.4) is 0 Å². The highest BCUT2D eigenvalue weighted by atomic mass is 16.6. The molecular formula is C12H25N3O4. The maximum atomic E-state index is 11.6. The van der Waals surface area contributed by atoms with E-state index in [0.29, 0.717) is 0 Å². The third kappa shape index (κ3) is 9.12. The fraction of sp³-hybridized carbons (Fsp3) is 0.833. The quantitative estimate of drug-likeness (QED) is 0.311. The Balaban J connectivity index is 4.57. The summed E-state index contributed by atoms with van der Waals surface area (Å²) in [7, 11) is 0. The van der Waals surface area contributed by atoms with Gasteiger partial charge in [-0.3, -0.25) is 0 Å². The number of oxime groups is 1. The Morgan fingerprint density at radius 2 is 1.79 bits per heavy atom. The Morgan fingerprint density at radius 1 is 1.26 bits per heavy atom. The van der Waals surface area contributed by atoms with Crippen LogP contribution >= 0.6 is 0 Å². The molecule has 4 N–H and O–H groups in total. The molecule has 0 aliphatic heterocycles. The van der Waals surface area contributed by atoms with Gasteiger partial charge in [0, 0.05) is 0 Å². The number of nitrogens with one attached hydrogen (secondary N) is 1. The van der Waals surface area contributed by atoms with Crippen molar-refractivity contribution in [3.8, 4) is 0 Å². The second-order valence-corrected chi connectivity index (χ2v) is 6.15.